The highest BCUT2D eigenvalue weighted by Crippen LogP contribution is 2.47. The van der Waals surface area contributed by atoms with Crippen LogP contribution in [-0.4, -0.2) is 0 Å². The standard InChI is InChI=1S/C62H39NS/c1-2-14-40(15-3-1)49-34-35-50(53-20-7-6-19-52(49)53)41-28-31-46(32-29-41)63(60-39-59-56-23-12-13-25-61(56)64-62(59)57-24-11-10-22-55(57)60)47-33-30-42-36-45(27-26-43(42)37-47)58-38-44-16-4-5-17-48(44)51-18-8-9-21-54(51)58/h1-39H. The van der Waals surface area contributed by atoms with E-state index in [1.54, 1.807) is 0 Å². The van der Waals surface area contributed by atoms with E-state index in [9.17, 15) is 0 Å². The third kappa shape index (κ3) is 5.91. The molecule has 1 heterocycles. The van der Waals surface area contributed by atoms with Gasteiger partial charge in [0.2, 0.25) is 0 Å². The summed E-state index contributed by atoms with van der Waals surface area (Å²) >= 11 is 1.89. The van der Waals surface area contributed by atoms with Crippen LogP contribution in [0.3, 0.4) is 0 Å². The van der Waals surface area contributed by atoms with Gasteiger partial charge in [0.15, 0.2) is 0 Å². The molecule has 0 spiro atoms. The first-order valence-electron chi connectivity index (χ1n) is 22.0. The molecule has 0 unspecified atom stereocenters. The first kappa shape index (κ1) is 36.6. The third-order valence-electron chi connectivity index (χ3n) is 13.2. The lowest BCUT2D eigenvalue weighted by Crippen LogP contribution is -2.10. The van der Waals surface area contributed by atoms with E-state index in [1.165, 1.54) is 107 Å². The van der Waals surface area contributed by atoms with Crippen molar-refractivity contribution >= 4 is 102 Å². The van der Waals surface area contributed by atoms with Gasteiger partial charge < -0.3 is 4.90 Å². The average Bonchev–Trinajstić information content (AvgIpc) is 3.75. The van der Waals surface area contributed by atoms with E-state index in [-0.39, 0.29) is 0 Å². The summed E-state index contributed by atoms with van der Waals surface area (Å²) in [5.41, 5.74) is 10.8. The Bertz CT molecular complexity index is 3960. The lowest BCUT2D eigenvalue weighted by Gasteiger charge is -2.28. The number of anilines is 3. The number of thiophene rings is 1. The van der Waals surface area contributed by atoms with E-state index in [1.807, 2.05) is 11.3 Å². The fourth-order valence-electron chi connectivity index (χ4n) is 10.2. The van der Waals surface area contributed by atoms with Gasteiger partial charge in [-0.2, -0.15) is 0 Å². The molecule has 0 bridgehead atoms. The highest BCUT2D eigenvalue weighted by Gasteiger charge is 2.21. The zero-order valence-electron chi connectivity index (χ0n) is 34.9. The molecule has 64 heavy (non-hydrogen) atoms. The summed E-state index contributed by atoms with van der Waals surface area (Å²) in [4.78, 5) is 2.47. The van der Waals surface area contributed by atoms with Gasteiger partial charge in [0.05, 0.1) is 5.69 Å². The molecule has 1 nitrogen and oxygen atoms in total. The predicted molar refractivity (Wildman–Crippen MR) is 278 cm³/mol. The topological polar surface area (TPSA) is 3.24 Å². The average molecular weight is 830 g/mol. The van der Waals surface area contributed by atoms with Crippen molar-refractivity contribution in [2.24, 2.45) is 0 Å². The van der Waals surface area contributed by atoms with Crippen molar-refractivity contribution in [3.05, 3.63) is 237 Å². The number of benzene rings is 12. The second kappa shape index (κ2) is 14.8. The second-order valence-corrected chi connectivity index (χ2v) is 17.9. The number of nitrogens with zero attached hydrogens (tertiary/aromatic N) is 1. The number of hydrogen-bond acceptors (Lipinski definition) is 2. The minimum atomic E-state index is 1.11. The largest absolute Gasteiger partial charge is 0.310 e. The van der Waals surface area contributed by atoms with Crippen LogP contribution in [0.25, 0.3) is 107 Å². The summed E-state index contributed by atoms with van der Waals surface area (Å²) in [6, 6.07) is 87.3. The molecule has 298 valence electrons. The Morgan fingerprint density at radius 2 is 0.797 bits per heavy atom. The zero-order chi connectivity index (χ0) is 42.1. The van der Waals surface area contributed by atoms with Gasteiger partial charge in [-0.05, 0) is 125 Å². The minimum absolute atomic E-state index is 1.11. The summed E-state index contributed by atoms with van der Waals surface area (Å²) in [6.07, 6.45) is 0. The predicted octanol–water partition coefficient (Wildman–Crippen LogP) is 18.3. The highest BCUT2D eigenvalue weighted by atomic mass is 32.1. The van der Waals surface area contributed by atoms with Gasteiger partial charge >= 0.3 is 0 Å². The molecule has 0 fully saturated rings. The van der Waals surface area contributed by atoms with Crippen molar-refractivity contribution in [3.8, 4) is 33.4 Å². The van der Waals surface area contributed by atoms with E-state index in [4.69, 9.17) is 0 Å². The fourth-order valence-corrected chi connectivity index (χ4v) is 11.4. The van der Waals surface area contributed by atoms with Crippen molar-refractivity contribution in [2.75, 3.05) is 4.90 Å². The molecule has 0 saturated heterocycles. The van der Waals surface area contributed by atoms with Crippen LogP contribution in [0.2, 0.25) is 0 Å². The molecule has 2 heteroatoms. The number of fused-ring (bicyclic) bond motifs is 10. The van der Waals surface area contributed by atoms with Gasteiger partial charge in [-0.1, -0.05) is 188 Å². The van der Waals surface area contributed by atoms with Gasteiger partial charge in [-0.15, -0.1) is 11.3 Å². The summed E-state index contributed by atoms with van der Waals surface area (Å²) in [5.74, 6) is 0. The zero-order valence-corrected chi connectivity index (χ0v) is 35.7. The molecule has 0 N–H and O–H groups in total. The van der Waals surface area contributed by atoms with Crippen molar-refractivity contribution in [1.29, 1.82) is 0 Å². The summed E-state index contributed by atoms with van der Waals surface area (Å²) in [6.45, 7) is 0. The maximum Gasteiger partial charge on any atom is 0.0547 e. The molecular formula is C62H39NS. The lowest BCUT2D eigenvalue weighted by molar-refractivity contribution is 1.31. The normalized spacial score (nSPS) is 11.8. The monoisotopic (exact) mass is 829 g/mol. The van der Waals surface area contributed by atoms with E-state index < -0.39 is 0 Å². The lowest BCUT2D eigenvalue weighted by atomic mass is 9.92. The van der Waals surface area contributed by atoms with Crippen molar-refractivity contribution in [1.82, 2.24) is 0 Å². The van der Waals surface area contributed by atoms with Crippen LogP contribution in [0.15, 0.2) is 237 Å². The van der Waals surface area contributed by atoms with Crippen LogP contribution < -0.4 is 4.90 Å². The summed E-state index contributed by atoms with van der Waals surface area (Å²) in [5, 5.41) is 15.1. The van der Waals surface area contributed by atoms with Gasteiger partial charge in [0, 0.05) is 42.3 Å². The maximum absolute atomic E-state index is 2.47. The second-order valence-electron chi connectivity index (χ2n) is 16.8. The number of rotatable bonds is 6. The molecule has 0 saturated carbocycles. The Morgan fingerprint density at radius 1 is 0.266 bits per heavy atom. The Balaban J connectivity index is 0.982. The van der Waals surface area contributed by atoms with Crippen molar-refractivity contribution in [2.45, 2.75) is 0 Å². The van der Waals surface area contributed by atoms with Gasteiger partial charge in [0.25, 0.3) is 0 Å². The molecule has 1 aromatic heterocycles. The van der Waals surface area contributed by atoms with Gasteiger partial charge in [0.1, 0.15) is 0 Å². The Morgan fingerprint density at radius 3 is 1.55 bits per heavy atom. The number of hydrogen-bond donors (Lipinski definition) is 0. The Labute approximate surface area is 375 Å². The molecule has 0 radical (unpaired) electrons. The van der Waals surface area contributed by atoms with Crippen LogP contribution in [0, 0.1) is 0 Å². The molecule has 0 aliphatic carbocycles. The van der Waals surface area contributed by atoms with E-state index in [0.29, 0.717) is 0 Å². The highest BCUT2D eigenvalue weighted by molar-refractivity contribution is 7.26. The van der Waals surface area contributed by atoms with Crippen LogP contribution >= 0.6 is 11.3 Å². The quantitative estimate of drug-likeness (QED) is 0.151. The molecule has 0 aliphatic heterocycles. The van der Waals surface area contributed by atoms with E-state index in [2.05, 4.69) is 241 Å². The summed E-state index contributed by atoms with van der Waals surface area (Å²) < 4.78 is 2.64. The first-order chi connectivity index (χ1) is 31.7. The van der Waals surface area contributed by atoms with Crippen LogP contribution in [-0.2, 0) is 0 Å². The van der Waals surface area contributed by atoms with E-state index in [0.717, 1.165) is 17.1 Å². The maximum atomic E-state index is 2.47. The molecule has 13 rings (SSSR count). The van der Waals surface area contributed by atoms with Gasteiger partial charge in [-0.3, -0.25) is 0 Å². The van der Waals surface area contributed by atoms with Crippen molar-refractivity contribution in [3.63, 3.8) is 0 Å². The van der Waals surface area contributed by atoms with E-state index >= 15 is 0 Å². The smallest absolute Gasteiger partial charge is 0.0547 e. The molecule has 0 amide bonds. The van der Waals surface area contributed by atoms with Crippen LogP contribution in [0.4, 0.5) is 17.1 Å². The molecule has 0 aliphatic rings. The first-order valence-corrected chi connectivity index (χ1v) is 22.8. The SMILES string of the molecule is c1ccc(-c2ccc(-c3ccc(N(c4ccc5cc(-c6cc7ccccc7c7ccccc67)ccc5c4)c4cc5c6ccccc6sc5c5ccccc45)cc3)c3ccccc23)cc1. The summed E-state index contributed by atoms with van der Waals surface area (Å²) in [7, 11) is 0. The van der Waals surface area contributed by atoms with Crippen molar-refractivity contribution < 1.29 is 0 Å². The Hall–Kier alpha value is -8.04. The molecular weight excluding hydrogens is 791 g/mol. The van der Waals surface area contributed by atoms with Crippen LogP contribution in [0.1, 0.15) is 0 Å². The molecule has 13 aromatic rings. The van der Waals surface area contributed by atoms with Gasteiger partial charge in [-0.25, -0.2) is 0 Å². The Kier molecular flexibility index (Phi) is 8.47. The molecule has 0 atom stereocenters. The fraction of sp³-hybridized carbons (Fsp3) is 0. The third-order valence-corrected chi connectivity index (χ3v) is 14.4. The molecule has 12 aromatic carbocycles. The van der Waals surface area contributed by atoms with Crippen LogP contribution in [0.5, 0.6) is 0 Å². The minimum Gasteiger partial charge on any atom is -0.310 e.